The standard InChI is InChI=1S/C25H23N3O8/c1-16-5-3-8-21(28(32)33)24(16)27-23(30)15-36-25(31)17-9-11-19(12-10-17)35-14-22(29)26-18-6-4-7-20(13-18)34-2/h3-13H,14-15H2,1-2H3,(H,26,29)(H,27,30). The van der Waals surface area contributed by atoms with Gasteiger partial charge in [-0.1, -0.05) is 18.2 Å². The Hall–Kier alpha value is -4.93. The molecule has 3 aromatic carbocycles. The molecule has 3 rings (SSSR count). The Kier molecular flexibility index (Phi) is 8.54. The fourth-order valence-electron chi connectivity index (χ4n) is 3.09. The zero-order valence-corrected chi connectivity index (χ0v) is 19.5. The highest BCUT2D eigenvalue weighted by Crippen LogP contribution is 2.27. The zero-order chi connectivity index (χ0) is 26.1. The average molecular weight is 493 g/mol. The number of carbonyl (C=O) groups is 3. The molecule has 186 valence electrons. The number of anilines is 2. The molecule has 2 amide bonds. The molecule has 0 heterocycles. The maximum atomic E-state index is 12.3. The van der Waals surface area contributed by atoms with Crippen LogP contribution in [0.15, 0.2) is 66.7 Å². The molecule has 0 atom stereocenters. The lowest BCUT2D eigenvalue weighted by atomic mass is 10.1. The van der Waals surface area contributed by atoms with Gasteiger partial charge in [0.05, 0.1) is 17.6 Å². The number of methoxy groups -OCH3 is 1. The minimum absolute atomic E-state index is 0.0421. The predicted octanol–water partition coefficient (Wildman–Crippen LogP) is 3.72. The number of nitrogens with zero attached hydrogens (tertiary/aromatic N) is 1. The van der Waals surface area contributed by atoms with E-state index >= 15 is 0 Å². The van der Waals surface area contributed by atoms with E-state index in [0.717, 1.165) is 0 Å². The highest BCUT2D eigenvalue weighted by molar-refractivity contribution is 5.97. The molecular weight excluding hydrogens is 470 g/mol. The predicted molar refractivity (Wildman–Crippen MR) is 130 cm³/mol. The summed E-state index contributed by atoms with van der Waals surface area (Å²) in [7, 11) is 1.53. The van der Waals surface area contributed by atoms with E-state index in [0.29, 0.717) is 22.7 Å². The summed E-state index contributed by atoms with van der Waals surface area (Å²) in [6, 6.07) is 17.0. The molecule has 0 aromatic heterocycles. The van der Waals surface area contributed by atoms with Crippen molar-refractivity contribution in [2.45, 2.75) is 6.92 Å². The average Bonchev–Trinajstić information content (AvgIpc) is 2.87. The maximum absolute atomic E-state index is 12.3. The van der Waals surface area contributed by atoms with Crippen LogP contribution in [0.2, 0.25) is 0 Å². The molecule has 0 saturated carbocycles. The summed E-state index contributed by atoms with van der Waals surface area (Å²) < 4.78 is 15.5. The Bertz CT molecular complexity index is 1270. The number of para-hydroxylation sites is 1. The first kappa shape index (κ1) is 25.7. The molecule has 0 unspecified atom stereocenters. The quantitative estimate of drug-likeness (QED) is 0.247. The van der Waals surface area contributed by atoms with Crippen LogP contribution in [0.3, 0.4) is 0 Å². The first-order chi connectivity index (χ1) is 17.3. The number of esters is 1. The number of hydrogen-bond acceptors (Lipinski definition) is 8. The summed E-state index contributed by atoms with van der Waals surface area (Å²) in [5.74, 6) is -0.928. The van der Waals surface area contributed by atoms with E-state index in [1.54, 1.807) is 37.3 Å². The van der Waals surface area contributed by atoms with E-state index in [2.05, 4.69) is 10.6 Å². The molecule has 11 nitrogen and oxygen atoms in total. The van der Waals surface area contributed by atoms with E-state index < -0.39 is 23.4 Å². The number of nitrogens with one attached hydrogen (secondary N) is 2. The van der Waals surface area contributed by atoms with Crippen molar-refractivity contribution in [1.29, 1.82) is 0 Å². The van der Waals surface area contributed by atoms with Gasteiger partial charge in [-0.2, -0.15) is 0 Å². The second kappa shape index (κ2) is 12.0. The van der Waals surface area contributed by atoms with Crippen molar-refractivity contribution < 1.29 is 33.5 Å². The highest BCUT2D eigenvalue weighted by atomic mass is 16.6. The number of amides is 2. The summed E-state index contributed by atoms with van der Waals surface area (Å²) in [6.45, 7) is 0.722. The van der Waals surface area contributed by atoms with Gasteiger partial charge in [0.2, 0.25) is 0 Å². The van der Waals surface area contributed by atoms with E-state index in [9.17, 15) is 24.5 Å². The summed E-state index contributed by atoms with van der Waals surface area (Å²) >= 11 is 0. The Morgan fingerprint density at radius 2 is 1.58 bits per heavy atom. The molecule has 3 aromatic rings. The molecular formula is C25H23N3O8. The van der Waals surface area contributed by atoms with E-state index in [4.69, 9.17) is 14.2 Å². The largest absolute Gasteiger partial charge is 0.497 e. The summed E-state index contributed by atoms with van der Waals surface area (Å²) in [5.41, 5.74) is 0.986. The van der Waals surface area contributed by atoms with Crippen molar-refractivity contribution in [3.8, 4) is 11.5 Å². The summed E-state index contributed by atoms with van der Waals surface area (Å²) in [6.07, 6.45) is 0. The molecule has 0 aliphatic rings. The van der Waals surface area contributed by atoms with Crippen molar-refractivity contribution in [1.82, 2.24) is 0 Å². The van der Waals surface area contributed by atoms with Crippen LogP contribution in [-0.4, -0.2) is 43.0 Å². The van der Waals surface area contributed by atoms with Crippen LogP contribution in [0.25, 0.3) is 0 Å². The maximum Gasteiger partial charge on any atom is 0.338 e. The highest BCUT2D eigenvalue weighted by Gasteiger charge is 2.19. The number of ether oxygens (including phenoxy) is 3. The van der Waals surface area contributed by atoms with Gasteiger partial charge in [-0.15, -0.1) is 0 Å². The molecule has 36 heavy (non-hydrogen) atoms. The van der Waals surface area contributed by atoms with Crippen molar-refractivity contribution >= 4 is 34.8 Å². The third-order valence-corrected chi connectivity index (χ3v) is 4.86. The fraction of sp³-hybridized carbons (Fsp3) is 0.160. The van der Waals surface area contributed by atoms with Crippen molar-refractivity contribution in [2.75, 3.05) is 31.0 Å². The van der Waals surface area contributed by atoms with Gasteiger partial charge in [0.15, 0.2) is 13.2 Å². The third kappa shape index (κ3) is 7.03. The molecule has 0 fully saturated rings. The summed E-state index contributed by atoms with van der Waals surface area (Å²) in [5, 5.41) is 16.2. The number of rotatable bonds is 10. The van der Waals surface area contributed by atoms with Gasteiger partial charge in [-0.05, 0) is 48.9 Å². The van der Waals surface area contributed by atoms with Crippen LogP contribution in [0, 0.1) is 17.0 Å². The van der Waals surface area contributed by atoms with Crippen molar-refractivity contribution in [2.24, 2.45) is 0 Å². The van der Waals surface area contributed by atoms with Gasteiger partial charge in [0.25, 0.3) is 17.5 Å². The monoisotopic (exact) mass is 493 g/mol. The van der Waals surface area contributed by atoms with Gasteiger partial charge in [-0.25, -0.2) is 4.79 Å². The van der Waals surface area contributed by atoms with Crippen LogP contribution >= 0.6 is 0 Å². The van der Waals surface area contributed by atoms with Crippen LogP contribution < -0.4 is 20.1 Å². The lowest BCUT2D eigenvalue weighted by Crippen LogP contribution is -2.22. The lowest BCUT2D eigenvalue weighted by Gasteiger charge is -2.10. The molecule has 0 spiro atoms. The second-order valence-corrected chi connectivity index (χ2v) is 7.44. The number of nitro benzene ring substituents is 1. The topological polar surface area (TPSA) is 146 Å². The SMILES string of the molecule is COc1cccc(NC(=O)COc2ccc(C(=O)OCC(=O)Nc3c(C)cccc3[N+](=O)[O-])cc2)c1. The van der Waals surface area contributed by atoms with Gasteiger partial charge in [-0.3, -0.25) is 19.7 Å². The minimum Gasteiger partial charge on any atom is -0.497 e. The number of benzene rings is 3. The lowest BCUT2D eigenvalue weighted by molar-refractivity contribution is -0.384. The smallest absolute Gasteiger partial charge is 0.338 e. The van der Waals surface area contributed by atoms with Gasteiger partial charge in [0.1, 0.15) is 17.2 Å². The Labute approximate surface area is 206 Å². The first-order valence-electron chi connectivity index (χ1n) is 10.6. The minimum atomic E-state index is -0.772. The van der Waals surface area contributed by atoms with Crippen LogP contribution in [-0.2, 0) is 14.3 Å². The molecule has 2 N–H and O–H groups in total. The molecule has 11 heteroatoms. The van der Waals surface area contributed by atoms with Crippen LogP contribution in [0.4, 0.5) is 17.1 Å². The van der Waals surface area contributed by atoms with E-state index in [1.807, 2.05) is 0 Å². The van der Waals surface area contributed by atoms with Gasteiger partial charge >= 0.3 is 5.97 Å². The first-order valence-corrected chi connectivity index (χ1v) is 10.6. The number of hydrogen-bond donors (Lipinski definition) is 2. The van der Waals surface area contributed by atoms with Gasteiger partial charge in [0, 0.05) is 17.8 Å². The molecule has 0 aliphatic carbocycles. The Balaban J connectivity index is 1.48. The van der Waals surface area contributed by atoms with E-state index in [1.165, 1.54) is 43.5 Å². The number of aryl methyl sites for hydroxylation is 1. The number of nitro groups is 1. The molecule has 0 aliphatic heterocycles. The van der Waals surface area contributed by atoms with Crippen molar-refractivity contribution in [3.05, 3.63) is 88.0 Å². The Morgan fingerprint density at radius 1 is 0.889 bits per heavy atom. The fourth-order valence-corrected chi connectivity index (χ4v) is 3.09. The molecule has 0 saturated heterocycles. The molecule has 0 radical (unpaired) electrons. The Morgan fingerprint density at radius 3 is 2.28 bits per heavy atom. The third-order valence-electron chi connectivity index (χ3n) is 4.86. The van der Waals surface area contributed by atoms with Crippen LogP contribution in [0.1, 0.15) is 15.9 Å². The molecule has 0 bridgehead atoms. The summed E-state index contributed by atoms with van der Waals surface area (Å²) in [4.78, 5) is 47.1. The number of carbonyl (C=O) groups excluding carboxylic acids is 3. The second-order valence-electron chi connectivity index (χ2n) is 7.44. The van der Waals surface area contributed by atoms with E-state index in [-0.39, 0.29) is 29.5 Å². The van der Waals surface area contributed by atoms with Gasteiger partial charge < -0.3 is 24.8 Å². The normalized spacial score (nSPS) is 10.2. The van der Waals surface area contributed by atoms with Crippen LogP contribution in [0.5, 0.6) is 11.5 Å². The van der Waals surface area contributed by atoms with Crippen molar-refractivity contribution in [3.63, 3.8) is 0 Å². The zero-order valence-electron chi connectivity index (χ0n) is 19.5.